The molecule has 8 nitrogen and oxygen atoms in total. The van der Waals surface area contributed by atoms with Gasteiger partial charge in [0.25, 0.3) is 0 Å². The van der Waals surface area contributed by atoms with E-state index in [1.54, 1.807) is 0 Å². The van der Waals surface area contributed by atoms with Gasteiger partial charge >= 0.3 is 11.9 Å². The summed E-state index contributed by atoms with van der Waals surface area (Å²) in [6, 6.07) is -0.716. The summed E-state index contributed by atoms with van der Waals surface area (Å²) in [6.07, 6.45) is 23.2. The van der Waals surface area contributed by atoms with E-state index in [4.69, 9.17) is 21.7 Å². The molecule has 0 radical (unpaired) electrons. The third-order valence-corrected chi connectivity index (χ3v) is 5.39. The van der Waals surface area contributed by atoms with Gasteiger partial charge in [-0.1, -0.05) is 76.9 Å². The highest BCUT2D eigenvalue weighted by Gasteiger charge is 2.09. The van der Waals surface area contributed by atoms with Crippen LogP contribution in [0.5, 0.6) is 0 Å². The third kappa shape index (κ3) is 30.1. The minimum atomic E-state index is -0.993. The van der Waals surface area contributed by atoms with Crippen molar-refractivity contribution < 1.29 is 24.6 Å². The Morgan fingerprint density at radius 2 is 1.32 bits per heavy atom. The number of nitrogens with two attached hydrogens (primary N) is 2. The van der Waals surface area contributed by atoms with Gasteiger partial charge in [-0.05, 0) is 51.5 Å². The van der Waals surface area contributed by atoms with E-state index in [-0.39, 0.29) is 12.5 Å². The minimum Gasteiger partial charge on any atom is -0.480 e. The second-order valence-corrected chi connectivity index (χ2v) is 8.73. The van der Waals surface area contributed by atoms with E-state index in [0.29, 0.717) is 19.4 Å². The lowest BCUT2D eigenvalue weighted by molar-refractivity contribution is -0.139. The molecule has 0 fully saturated rings. The monoisotopic (exact) mass is 485 g/mol. The Bertz CT molecular complexity index is 527. The summed E-state index contributed by atoms with van der Waals surface area (Å²) in [5, 5.41) is 19.2. The van der Waals surface area contributed by atoms with Gasteiger partial charge in [-0.3, -0.25) is 14.4 Å². The zero-order chi connectivity index (χ0) is 25.9. The summed E-state index contributed by atoms with van der Waals surface area (Å²) >= 11 is 0. The summed E-state index contributed by atoms with van der Waals surface area (Å²) in [6.45, 7) is 2.58. The number of carboxylic acids is 2. The molecule has 1 amide bonds. The van der Waals surface area contributed by atoms with Crippen molar-refractivity contribution in [2.45, 2.75) is 122 Å². The molecule has 0 aromatic rings. The number of hydrogen-bond acceptors (Lipinski definition) is 5. The molecular formula is C26H51N3O5. The van der Waals surface area contributed by atoms with E-state index in [9.17, 15) is 14.4 Å². The summed E-state index contributed by atoms with van der Waals surface area (Å²) < 4.78 is 0. The van der Waals surface area contributed by atoms with E-state index in [1.165, 1.54) is 57.8 Å². The Morgan fingerprint density at radius 1 is 0.794 bits per heavy atom. The van der Waals surface area contributed by atoms with Crippen molar-refractivity contribution in [1.82, 2.24) is 5.32 Å². The molecule has 0 unspecified atom stereocenters. The highest BCUT2D eigenvalue weighted by atomic mass is 16.4. The number of rotatable bonds is 22. The molecule has 0 spiro atoms. The van der Waals surface area contributed by atoms with Crippen molar-refractivity contribution in [3.63, 3.8) is 0 Å². The van der Waals surface area contributed by atoms with Gasteiger partial charge in [0.15, 0.2) is 0 Å². The van der Waals surface area contributed by atoms with E-state index >= 15 is 0 Å². The van der Waals surface area contributed by atoms with Crippen LogP contribution in [0, 0.1) is 0 Å². The summed E-state index contributed by atoms with van der Waals surface area (Å²) in [5.41, 5.74) is 10.4. The lowest BCUT2D eigenvalue weighted by Gasteiger charge is -2.03. The molecule has 1 atom stereocenters. The molecule has 0 heterocycles. The number of aliphatic carboxylic acids is 2. The van der Waals surface area contributed by atoms with E-state index < -0.39 is 18.0 Å². The van der Waals surface area contributed by atoms with E-state index in [0.717, 1.165) is 38.5 Å². The Morgan fingerprint density at radius 3 is 1.82 bits per heavy atom. The number of carboxylic acid groups (broad SMARTS) is 2. The first-order chi connectivity index (χ1) is 16.3. The van der Waals surface area contributed by atoms with Crippen LogP contribution in [0.15, 0.2) is 12.2 Å². The number of carbonyl (C=O) groups excluding carboxylic acids is 1. The van der Waals surface area contributed by atoms with Gasteiger partial charge in [0, 0.05) is 6.42 Å². The maximum absolute atomic E-state index is 11.3. The van der Waals surface area contributed by atoms with Crippen molar-refractivity contribution in [3.8, 4) is 0 Å². The van der Waals surface area contributed by atoms with Crippen molar-refractivity contribution >= 4 is 17.8 Å². The van der Waals surface area contributed by atoms with Crippen LogP contribution in [0.25, 0.3) is 0 Å². The molecule has 0 rings (SSSR count). The minimum absolute atomic E-state index is 0.157. The number of carbonyl (C=O) groups is 3. The van der Waals surface area contributed by atoms with Crippen molar-refractivity contribution in [3.05, 3.63) is 12.2 Å². The number of hydrogen-bond donors (Lipinski definition) is 5. The molecule has 0 bridgehead atoms. The van der Waals surface area contributed by atoms with Gasteiger partial charge in [0.2, 0.25) is 5.91 Å². The van der Waals surface area contributed by atoms with Crippen LogP contribution in [0.1, 0.15) is 116 Å². The molecule has 0 aromatic carbocycles. The van der Waals surface area contributed by atoms with Gasteiger partial charge in [-0.25, -0.2) is 0 Å². The second kappa shape index (κ2) is 27.3. The maximum Gasteiger partial charge on any atom is 0.322 e. The lowest BCUT2D eigenvalue weighted by Crippen LogP contribution is -2.29. The van der Waals surface area contributed by atoms with Crippen LogP contribution in [0.4, 0.5) is 0 Å². The number of nitrogens with one attached hydrogen (secondary N) is 1. The van der Waals surface area contributed by atoms with Gasteiger partial charge < -0.3 is 27.0 Å². The molecule has 0 saturated carbocycles. The van der Waals surface area contributed by atoms with Crippen molar-refractivity contribution in [2.75, 3.05) is 13.1 Å². The van der Waals surface area contributed by atoms with Crippen LogP contribution in [0.3, 0.4) is 0 Å². The third-order valence-electron chi connectivity index (χ3n) is 5.39. The normalized spacial score (nSPS) is 11.6. The molecule has 8 heteroatoms. The van der Waals surface area contributed by atoms with Gasteiger partial charge in [-0.15, -0.1) is 0 Å². The SMILES string of the molecule is CCCCCCCC/C=C\CCCCCCCC(=O)NCC(=O)O.NCCCC[C@H](N)C(=O)O. The second-order valence-electron chi connectivity index (χ2n) is 8.73. The lowest BCUT2D eigenvalue weighted by atomic mass is 10.1. The first kappa shape index (κ1) is 34.2. The average molecular weight is 486 g/mol. The largest absolute Gasteiger partial charge is 0.480 e. The predicted molar refractivity (Wildman–Crippen MR) is 139 cm³/mol. The average Bonchev–Trinajstić information content (AvgIpc) is 2.80. The number of amides is 1. The molecule has 0 saturated heterocycles. The molecule has 200 valence electrons. The fourth-order valence-electron chi connectivity index (χ4n) is 3.25. The Balaban J connectivity index is 0. The standard InChI is InChI=1S/C20H37NO3.C6H14N2O2/c1-2-3-4-5-6-7-8-9-10-11-12-13-14-15-16-17-19(22)21-18-20(23)24;7-4-2-1-3-5(8)6(9)10/h9-10H,2-8,11-18H2,1H3,(H,21,22)(H,23,24);5H,1-4,7-8H2,(H,9,10)/b10-9-;/t;5-/m.0/s1. The van der Waals surface area contributed by atoms with Gasteiger partial charge in [0.05, 0.1) is 0 Å². The van der Waals surface area contributed by atoms with Crippen molar-refractivity contribution in [1.29, 1.82) is 0 Å². The molecule has 7 N–H and O–H groups in total. The highest BCUT2D eigenvalue weighted by Crippen LogP contribution is 2.09. The topological polar surface area (TPSA) is 156 Å². The molecular weight excluding hydrogens is 434 g/mol. The van der Waals surface area contributed by atoms with Gasteiger partial charge in [-0.2, -0.15) is 0 Å². The van der Waals surface area contributed by atoms with E-state index in [1.807, 2.05) is 0 Å². The molecule has 0 aliphatic heterocycles. The quantitative estimate of drug-likeness (QED) is 0.109. The fourth-order valence-corrected chi connectivity index (χ4v) is 3.25. The summed E-state index contributed by atoms with van der Waals surface area (Å²) in [5.74, 6) is -2.08. The van der Waals surface area contributed by atoms with Crippen LogP contribution in [-0.2, 0) is 14.4 Å². The maximum atomic E-state index is 11.3. The number of allylic oxidation sites excluding steroid dienone is 2. The van der Waals surface area contributed by atoms with Crippen LogP contribution < -0.4 is 16.8 Å². The predicted octanol–water partition coefficient (Wildman–Crippen LogP) is 4.75. The first-order valence-corrected chi connectivity index (χ1v) is 13.2. The van der Waals surface area contributed by atoms with Crippen molar-refractivity contribution in [2.24, 2.45) is 11.5 Å². The van der Waals surface area contributed by atoms with Crippen LogP contribution in [-0.4, -0.2) is 47.2 Å². The molecule has 34 heavy (non-hydrogen) atoms. The Hall–Kier alpha value is -1.93. The number of unbranched alkanes of at least 4 members (excludes halogenated alkanes) is 12. The summed E-state index contributed by atoms with van der Waals surface area (Å²) in [7, 11) is 0. The highest BCUT2D eigenvalue weighted by molar-refractivity contribution is 5.80. The first-order valence-electron chi connectivity index (χ1n) is 13.2. The molecule has 0 aliphatic carbocycles. The zero-order valence-corrected chi connectivity index (χ0v) is 21.4. The smallest absolute Gasteiger partial charge is 0.322 e. The van der Waals surface area contributed by atoms with Crippen LogP contribution >= 0.6 is 0 Å². The molecule has 0 aliphatic rings. The fraction of sp³-hybridized carbons (Fsp3) is 0.808. The zero-order valence-electron chi connectivity index (χ0n) is 21.4. The summed E-state index contributed by atoms with van der Waals surface area (Å²) in [4.78, 5) is 31.7. The molecule has 0 aromatic heterocycles. The van der Waals surface area contributed by atoms with Gasteiger partial charge in [0.1, 0.15) is 12.6 Å². The van der Waals surface area contributed by atoms with Crippen LogP contribution in [0.2, 0.25) is 0 Å². The van der Waals surface area contributed by atoms with E-state index in [2.05, 4.69) is 24.4 Å². The Kier molecular flexibility index (Phi) is 27.5. The Labute approximate surface area is 206 Å².